The number of rotatable bonds is 2. The number of nitroso groups, excluding NO2 is 1. The van der Waals surface area contributed by atoms with Gasteiger partial charge in [0.15, 0.2) is 0 Å². The zero-order chi connectivity index (χ0) is 9.28. The standard InChI is InChI=1S/C7H13NO3/c1-6(2,5(9)8-11)7(3,4)10/h10H,1-4H3. The van der Waals surface area contributed by atoms with Gasteiger partial charge in [-0.3, -0.25) is 4.79 Å². The summed E-state index contributed by atoms with van der Waals surface area (Å²) in [7, 11) is 0. The Labute approximate surface area is 65.6 Å². The van der Waals surface area contributed by atoms with Crippen LogP contribution in [0.25, 0.3) is 0 Å². The molecule has 0 heterocycles. The average Bonchev–Trinajstić information content (AvgIpc) is 1.83. The first kappa shape index (κ1) is 10.2. The number of hydrogen-bond acceptors (Lipinski definition) is 3. The molecule has 0 spiro atoms. The highest BCUT2D eigenvalue weighted by molar-refractivity contribution is 5.83. The molecule has 0 aliphatic carbocycles. The van der Waals surface area contributed by atoms with E-state index >= 15 is 0 Å². The summed E-state index contributed by atoms with van der Waals surface area (Å²) in [6, 6.07) is 0. The molecule has 1 amide bonds. The summed E-state index contributed by atoms with van der Waals surface area (Å²) < 4.78 is 0. The number of carbonyl (C=O) groups excluding carboxylic acids is 1. The monoisotopic (exact) mass is 159 g/mol. The molecule has 0 aromatic carbocycles. The van der Waals surface area contributed by atoms with Gasteiger partial charge in [0.25, 0.3) is 5.91 Å². The summed E-state index contributed by atoms with van der Waals surface area (Å²) in [5.74, 6) is -0.829. The summed E-state index contributed by atoms with van der Waals surface area (Å²) in [4.78, 5) is 20.7. The average molecular weight is 159 g/mol. The van der Waals surface area contributed by atoms with Crippen molar-refractivity contribution >= 4 is 5.91 Å². The molecule has 0 saturated heterocycles. The number of hydrogen-bond donors (Lipinski definition) is 1. The third kappa shape index (κ3) is 1.83. The van der Waals surface area contributed by atoms with Gasteiger partial charge in [-0.2, -0.15) is 0 Å². The largest absolute Gasteiger partial charge is 0.389 e. The molecule has 4 heteroatoms. The highest BCUT2D eigenvalue weighted by Gasteiger charge is 2.42. The molecule has 64 valence electrons. The van der Waals surface area contributed by atoms with Gasteiger partial charge in [-0.05, 0) is 27.7 Å². The zero-order valence-corrected chi connectivity index (χ0v) is 7.21. The van der Waals surface area contributed by atoms with Crippen LogP contribution in [0.2, 0.25) is 0 Å². The van der Waals surface area contributed by atoms with Gasteiger partial charge in [0.05, 0.1) is 11.0 Å². The normalized spacial score (nSPS) is 12.8. The van der Waals surface area contributed by atoms with Gasteiger partial charge in [-0.15, -0.1) is 4.91 Å². The Morgan fingerprint density at radius 3 is 1.73 bits per heavy atom. The van der Waals surface area contributed by atoms with E-state index in [0.29, 0.717) is 0 Å². The van der Waals surface area contributed by atoms with Crippen molar-refractivity contribution in [3.8, 4) is 0 Å². The van der Waals surface area contributed by atoms with Crippen molar-refractivity contribution < 1.29 is 9.90 Å². The fraction of sp³-hybridized carbons (Fsp3) is 0.857. The molecule has 0 unspecified atom stereocenters. The van der Waals surface area contributed by atoms with Crippen molar-refractivity contribution in [1.29, 1.82) is 0 Å². The van der Waals surface area contributed by atoms with Crippen LogP contribution in [0.15, 0.2) is 5.18 Å². The Morgan fingerprint density at radius 2 is 1.64 bits per heavy atom. The summed E-state index contributed by atoms with van der Waals surface area (Å²) in [5.41, 5.74) is -2.34. The van der Waals surface area contributed by atoms with Crippen LogP contribution >= 0.6 is 0 Å². The van der Waals surface area contributed by atoms with Crippen LogP contribution in [0.3, 0.4) is 0 Å². The van der Waals surface area contributed by atoms with Crippen LogP contribution in [0.4, 0.5) is 0 Å². The van der Waals surface area contributed by atoms with Crippen molar-refractivity contribution in [3.63, 3.8) is 0 Å². The fourth-order valence-corrected chi connectivity index (χ4v) is 0.376. The van der Waals surface area contributed by atoms with Crippen LogP contribution in [0, 0.1) is 10.3 Å². The molecule has 0 saturated carbocycles. The van der Waals surface area contributed by atoms with Crippen molar-refractivity contribution in [3.05, 3.63) is 4.91 Å². The predicted molar refractivity (Wildman–Crippen MR) is 40.9 cm³/mol. The van der Waals surface area contributed by atoms with Crippen molar-refractivity contribution in [2.45, 2.75) is 33.3 Å². The summed E-state index contributed by atoms with van der Waals surface area (Å²) in [5, 5.41) is 11.7. The summed E-state index contributed by atoms with van der Waals surface area (Å²) >= 11 is 0. The molecule has 4 nitrogen and oxygen atoms in total. The minimum absolute atomic E-state index is 0.829. The van der Waals surface area contributed by atoms with Crippen molar-refractivity contribution in [1.82, 2.24) is 0 Å². The van der Waals surface area contributed by atoms with E-state index in [4.69, 9.17) is 0 Å². The summed E-state index contributed by atoms with van der Waals surface area (Å²) in [6.45, 7) is 5.90. The van der Waals surface area contributed by atoms with E-state index in [1.807, 2.05) is 0 Å². The Balaban J connectivity index is 4.73. The maximum atomic E-state index is 10.8. The van der Waals surface area contributed by atoms with E-state index in [9.17, 15) is 14.8 Å². The quantitative estimate of drug-likeness (QED) is 0.613. The highest BCUT2D eigenvalue weighted by Crippen LogP contribution is 2.31. The topological polar surface area (TPSA) is 66.7 Å². The Kier molecular flexibility index (Phi) is 2.51. The molecule has 11 heavy (non-hydrogen) atoms. The van der Waals surface area contributed by atoms with Crippen molar-refractivity contribution in [2.75, 3.05) is 0 Å². The van der Waals surface area contributed by atoms with E-state index in [1.165, 1.54) is 27.7 Å². The van der Waals surface area contributed by atoms with Crippen LogP contribution < -0.4 is 0 Å². The molecular weight excluding hydrogens is 146 g/mol. The second-order valence-corrected chi connectivity index (χ2v) is 3.58. The van der Waals surface area contributed by atoms with Crippen LogP contribution in [0.5, 0.6) is 0 Å². The third-order valence-electron chi connectivity index (χ3n) is 2.15. The Morgan fingerprint density at radius 1 is 1.27 bits per heavy atom. The molecule has 0 atom stereocenters. The van der Waals surface area contributed by atoms with E-state index < -0.39 is 16.9 Å². The number of amides is 1. The molecule has 0 fully saturated rings. The van der Waals surface area contributed by atoms with Gasteiger partial charge < -0.3 is 5.11 Å². The second-order valence-electron chi connectivity index (χ2n) is 3.58. The Bertz CT molecular complexity index is 179. The van der Waals surface area contributed by atoms with Gasteiger partial charge in [-0.25, -0.2) is 0 Å². The number of aliphatic hydroxyl groups is 1. The molecule has 0 aromatic heterocycles. The molecule has 1 N–H and O–H groups in total. The van der Waals surface area contributed by atoms with Crippen molar-refractivity contribution in [2.24, 2.45) is 10.6 Å². The number of carbonyl (C=O) groups is 1. The molecule has 0 aliphatic heterocycles. The van der Waals surface area contributed by atoms with E-state index in [0.717, 1.165) is 0 Å². The SMILES string of the molecule is CC(C)(O)C(C)(C)C(=O)N=O. The molecule has 0 bridgehead atoms. The first-order valence-electron chi connectivity index (χ1n) is 3.33. The molecule has 0 aliphatic rings. The maximum absolute atomic E-state index is 10.8. The first-order valence-corrected chi connectivity index (χ1v) is 3.33. The molecular formula is C7H13NO3. The lowest BCUT2D eigenvalue weighted by Crippen LogP contribution is -2.44. The number of nitrogens with zero attached hydrogens (tertiary/aromatic N) is 1. The lowest BCUT2D eigenvalue weighted by Gasteiger charge is -2.32. The predicted octanol–water partition coefficient (Wildman–Crippen LogP) is 1.08. The highest BCUT2D eigenvalue weighted by atomic mass is 16.3. The summed E-state index contributed by atoms with van der Waals surface area (Å²) in [6.07, 6.45) is 0. The van der Waals surface area contributed by atoms with E-state index in [-0.39, 0.29) is 0 Å². The second kappa shape index (κ2) is 2.70. The lowest BCUT2D eigenvalue weighted by molar-refractivity contribution is -0.138. The molecule has 0 rings (SSSR count). The minimum Gasteiger partial charge on any atom is -0.389 e. The van der Waals surface area contributed by atoms with Crippen LogP contribution in [0.1, 0.15) is 27.7 Å². The van der Waals surface area contributed by atoms with Crippen LogP contribution in [-0.2, 0) is 4.79 Å². The molecule has 0 radical (unpaired) electrons. The minimum atomic E-state index is -1.22. The smallest absolute Gasteiger partial charge is 0.294 e. The zero-order valence-electron chi connectivity index (χ0n) is 7.21. The first-order chi connectivity index (χ1) is 4.73. The fourth-order valence-electron chi connectivity index (χ4n) is 0.376. The van der Waals surface area contributed by atoms with Gasteiger partial charge in [-0.1, -0.05) is 0 Å². The molecule has 0 aromatic rings. The van der Waals surface area contributed by atoms with E-state index in [1.54, 1.807) is 0 Å². The van der Waals surface area contributed by atoms with Gasteiger partial charge >= 0.3 is 0 Å². The van der Waals surface area contributed by atoms with Gasteiger partial charge in [0, 0.05) is 5.18 Å². The van der Waals surface area contributed by atoms with Crippen LogP contribution in [-0.4, -0.2) is 16.6 Å². The van der Waals surface area contributed by atoms with Gasteiger partial charge in [0.2, 0.25) is 0 Å². The lowest BCUT2D eigenvalue weighted by atomic mass is 9.77. The maximum Gasteiger partial charge on any atom is 0.294 e. The van der Waals surface area contributed by atoms with E-state index in [2.05, 4.69) is 5.18 Å². The van der Waals surface area contributed by atoms with Gasteiger partial charge in [0.1, 0.15) is 0 Å². The third-order valence-corrected chi connectivity index (χ3v) is 2.15. The Hall–Kier alpha value is -0.770.